The zero-order chi connectivity index (χ0) is 15.1. The Kier molecular flexibility index (Phi) is 3.75. The van der Waals surface area contributed by atoms with E-state index < -0.39 is 16.1 Å². The topological polar surface area (TPSA) is 75.7 Å². The van der Waals surface area contributed by atoms with Crippen molar-refractivity contribution >= 4 is 21.6 Å². The van der Waals surface area contributed by atoms with Crippen LogP contribution in [0.2, 0.25) is 0 Å². The highest BCUT2D eigenvalue weighted by atomic mass is 32.2. The average molecular weight is 298 g/mol. The van der Waals surface area contributed by atoms with E-state index in [0.29, 0.717) is 11.4 Å². The molecule has 1 atom stereocenters. The first-order valence-corrected chi connectivity index (χ1v) is 7.81. The van der Waals surface area contributed by atoms with E-state index in [-0.39, 0.29) is 16.8 Å². The molecule has 110 valence electrons. The van der Waals surface area contributed by atoms with Crippen LogP contribution in [0.1, 0.15) is 20.8 Å². The molecule has 0 aliphatic carbocycles. The van der Waals surface area contributed by atoms with Crippen molar-refractivity contribution in [3.8, 4) is 5.75 Å². The number of hydrogen-bond donors (Lipinski definition) is 1. The van der Waals surface area contributed by atoms with Crippen molar-refractivity contribution < 1.29 is 17.9 Å². The Labute approximate surface area is 118 Å². The normalized spacial score (nSPS) is 18.9. The molecule has 1 aliphatic rings. The Balaban J connectivity index is 2.45. The van der Waals surface area contributed by atoms with Gasteiger partial charge in [-0.3, -0.25) is 4.79 Å². The molecule has 0 saturated carbocycles. The molecule has 7 heteroatoms. The summed E-state index contributed by atoms with van der Waals surface area (Å²) < 4.78 is 32.2. The van der Waals surface area contributed by atoms with Crippen LogP contribution in [-0.4, -0.2) is 33.5 Å². The van der Waals surface area contributed by atoms with Crippen LogP contribution in [0, 0.1) is 0 Å². The predicted molar refractivity (Wildman–Crippen MR) is 75.4 cm³/mol. The summed E-state index contributed by atoms with van der Waals surface area (Å²) in [5.74, 6) is 0.298. The highest BCUT2D eigenvalue weighted by Gasteiger charge is 2.30. The quantitative estimate of drug-likeness (QED) is 0.907. The minimum absolute atomic E-state index is 0.114. The maximum Gasteiger partial charge on any atom is 0.267 e. The van der Waals surface area contributed by atoms with Crippen molar-refractivity contribution in [2.24, 2.45) is 0 Å². The van der Waals surface area contributed by atoms with Gasteiger partial charge in [-0.15, -0.1) is 0 Å². The SMILES string of the molecule is CC(C)NS(=O)(=O)c1ccc2c(c1)N(C)C(=O)C(C)O2. The van der Waals surface area contributed by atoms with Crippen LogP contribution in [0.5, 0.6) is 5.75 Å². The number of anilines is 1. The standard InChI is InChI=1S/C13H18N2O4S/c1-8(2)14-20(17,18)10-5-6-12-11(7-10)15(4)13(16)9(3)19-12/h5-9,14H,1-4H3. The van der Waals surface area contributed by atoms with Crippen molar-refractivity contribution in [2.75, 3.05) is 11.9 Å². The van der Waals surface area contributed by atoms with Gasteiger partial charge in [-0.2, -0.15) is 0 Å². The number of nitrogens with one attached hydrogen (secondary N) is 1. The first-order chi connectivity index (χ1) is 9.22. The molecule has 0 spiro atoms. The summed E-state index contributed by atoms with van der Waals surface area (Å²) in [4.78, 5) is 13.4. The van der Waals surface area contributed by atoms with Crippen molar-refractivity contribution in [1.82, 2.24) is 4.72 Å². The third-order valence-electron chi connectivity index (χ3n) is 2.98. The first-order valence-electron chi connectivity index (χ1n) is 6.33. The van der Waals surface area contributed by atoms with Gasteiger partial charge in [0.15, 0.2) is 6.10 Å². The van der Waals surface area contributed by atoms with E-state index in [0.717, 1.165) is 0 Å². The number of amides is 1. The van der Waals surface area contributed by atoms with E-state index in [9.17, 15) is 13.2 Å². The smallest absolute Gasteiger partial charge is 0.267 e. The molecule has 0 fully saturated rings. The number of rotatable bonds is 3. The molecule has 0 radical (unpaired) electrons. The second kappa shape index (κ2) is 5.06. The number of benzene rings is 1. The largest absolute Gasteiger partial charge is 0.479 e. The number of ether oxygens (including phenoxy) is 1. The molecule has 6 nitrogen and oxygen atoms in total. The number of hydrogen-bond acceptors (Lipinski definition) is 4. The molecule has 0 aromatic heterocycles. The fourth-order valence-corrected chi connectivity index (χ4v) is 3.31. The van der Waals surface area contributed by atoms with Gasteiger partial charge in [-0.25, -0.2) is 13.1 Å². The van der Waals surface area contributed by atoms with Crippen LogP contribution in [0.3, 0.4) is 0 Å². The summed E-state index contributed by atoms with van der Waals surface area (Å²) in [6.45, 7) is 5.15. The van der Waals surface area contributed by atoms with Crippen molar-refractivity contribution in [3.63, 3.8) is 0 Å². The molecule has 1 heterocycles. The molecule has 1 unspecified atom stereocenters. The lowest BCUT2D eigenvalue weighted by atomic mass is 10.2. The summed E-state index contributed by atoms with van der Waals surface area (Å²) in [6.07, 6.45) is -0.566. The lowest BCUT2D eigenvalue weighted by molar-refractivity contribution is -0.125. The van der Waals surface area contributed by atoms with E-state index in [1.807, 2.05) is 0 Å². The third-order valence-corrected chi connectivity index (χ3v) is 4.63. The highest BCUT2D eigenvalue weighted by Crippen LogP contribution is 2.34. The molecule has 1 aromatic carbocycles. The van der Waals surface area contributed by atoms with Crippen molar-refractivity contribution in [3.05, 3.63) is 18.2 Å². The minimum atomic E-state index is -3.59. The van der Waals surface area contributed by atoms with Gasteiger partial charge in [-0.05, 0) is 39.0 Å². The highest BCUT2D eigenvalue weighted by molar-refractivity contribution is 7.89. The van der Waals surface area contributed by atoms with E-state index in [1.54, 1.807) is 33.9 Å². The van der Waals surface area contributed by atoms with E-state index >= 15 is 0 Å². The molecule has 2 rings (SSSR count). The lowest BCUT2D eigenvalue weighted by Gasteiger charge is -2.30. The molecule has 1 aromatic rings. The van der Waals surface area contributed by atoms with Gasteiger partial charge in [0, 0.05) is 13.1 Å². The van der Waals surface area contributed by atoms with Crippen LogP contribution >= 0.6 is 0 Å². The molecule has 20 heavy (non-hydrogen) atoms. The fraction of sp³-hybridized carbons (Fsp3) is 0.462. The zero-order valence-electron chi connectivity index (χ0n) is 11.9. The van der Waals surface area contributed by atoms with Crippen molar-refractivity contribution in [1.29, 1.82) is 0 Å². The lowest BCUT2D eigenvalue weighted by Crippen LogP contribution is -2.42. The van der Waals surface area contributed by atoms with E-state index in [1.165, 1.54) is 17.0 Å². The first kappa shape index (κ1) is 14.8. The van der Waals surface area contributed by atoms with Gasteiger partial charge in [0.25, 0.3) is 5.91 Å². The number of likely N-dealkylation sites (N-methyl/N-ethyl adjacent to an activating group) is 1. The third kappa shape index (κ3) is 2.64. The Morgan fingerprint density at radius 1 is 1.35 bits per heavy atom. The van der Waals surface area contributed by atoms with Gasteiger partial charge in [0.2, 0.25) is 10.0 Å². The predicted octanol–water partition coefficient (Wildman–Crippen LogP) is 1.12. The van der Waals surface area contributed by atoms with E-state index in [4.69, 9.17) is 4.74 Å². The molecule has 1 aliphatic heterocycles. The average Bonchev–Trinajstić information content (AvgIpc) is 2.34. The zero-order valence-corrected chi connectivity index (χ0v) is 12.7. The Hall–Kier alpha value is -1.60. The van der Waals surface area contributed by atoms with Gasteiger partial charge in [0.05, 0.1) is 10.6 Å². The van der Waals surface area contributed by atoms with Gasteiger partial charge in [0.1, 0.15) is 5.75 Å². The van der Waals surface area contributed by atoms with E-state index in [2.05, 4.69) is 4.72 Å². The number of carbonyl (C=O) groups is 1. The number of nitrogens with zero attached hydrogens (tertiary/aromatic N) is 1. The van der Waals surface area contributed by atoms with Gasteiger partial charge >= 0.3 is 0 Å². The van der Waals surface area contributed by atoms with Crippen molar-refractivity contribution in [2.45, 2.75) is 37.8 Å². The monoisotopic (exact) mass is 298 g/mol. The molecule has 0 bridgehead atoms. The van der Waals surface area contributed by atoms with Gasteiger partial charge < -0.3 is 9.64 Å². The molecule has 1 N–H and O–H groups in total. The summed E-state index contributed by atoms with van der Waals surface area (Å²) in [5.41, 5.74) is 0.458. The van der Waals surface area contributed by atoms with Gasteiger partial charge in [-0.1, -0.05) is 0 Å². The molecule has 1 amide bonds. The Morgan fingerprint density at radius 2 is 2.00 bits per heavy atom. The number of fused-ring (bicyclic) bond motifs is 1. The Morgan fingerprint density at radius 3 is 2.60 bits per heavy atom. The van der Waals surface area contributed by atoms with Crippen LogP contribution in [0.25, 0.3) is 0 Å². The number of carbonyl (C=O) groups excluding carboxylic acids is 1. The molecular formula is C13H18N2O4S. The summed E-state index contributed by atoms with van der Waals surface area (Å²) in [7, 11) is -1.99. The van der Waals surface area contributed by atoms with Crippen LogP contribution < -0.4 is 14.4 Å². The number of sulfonamides is 1. The maximum absolute atomic E-state index is 12.1. The van der Waals surface area contributed by atoms with Crippen LogP contribution in [0.15, 0.2) is 23.1 Å². The second-order valence-corrected chi connectivity index (χ2v) is 6.78. The molecular weight excluding hydrogens is 280 g/mol. The summed E-state index contributed by atoms with van der Waals surface area (Å²) in [5, 5.41) is 0. The summed E-state index contributed by atoms with van der Waals surface area (Å²) >= 11 is 0. The summed E-state index contributed by atoms with van der Waals surface area (Å²) in [6, 6.07) is 4.29. The van der Waals surface area contributed by atoms with Crippen LogP contribution in [0.4, 0.5) is 5.69 Å². The van der Waals surface area contributed by atoms with Crippen LogP contribution in [-0.2, 0) is 14.8 Å². The fourth-order valence-electron chi connectivity index (χ4n) is 2.04. The second-order valence-electron chi connectivity index (χ2n) is 5.06. The minimum Gasteiger partial charge on any atom is -0.479 e. The Bertz CT molecular complexity index is 640. The maximum atomic E-state index is 12.1. The molecule has 0 saturated heterocycles.